The molecule has 2 N–H and O–H groups in total. The average Bonchev–Trinajstić information content (AvgIpc) is 2.73. The quantitative estimate of drug-likeness (QED) is 0.496. The van der Waals surface area contributed by atoms with Crippen molar-refractivity contribution in [3.8, 4) is 5.75 Å². The van der Waals surface area contributed by atoms with E-state index in [-0.39, 0.29) is 11.6 Å². The largest absolute Gasteiger partial charge is 0.506 e. The third kappa shape index (κ3) is 2.63. The van der Waals surface area contributed by atoms with Crippen molar-refractivity contribution in [3.63, 3.8) is 0 Å². The van der Waals surface area contributed by atoms with Crippen molar-refractivity contribution in [3.05, 3.63) is 29.1 Å². The standard InChI is InChI=1S/C13H15NO3S/c1-2-16-7-8-17-13(14)12-11(15)9-5-3-4-6-10(9)18-12/h3-6,14-15H,2,7-8H2,1H3. The summed E-state index contributed by atoms with van der Waals surface area (Å²) in [6, 6.07) is 7.51. The molecule has 0 bridgehead atoms. The summed E-state index contributed by atoms with van der Waals surface area (Å²) in [5.74, 6) is 0.116. The van der Waals surface area contributed by atoms with E-state index in [1.165, 1.54) is 11.3 Å². The van der Waals surface area contributed by atoms with Crippen LogP contribution in [0.1, 0.15) is 11.8 Å². The van der Waals surface area contributed by atoms with Gasteiger partial charge in [-0.25, -0.2) is 0 Å². The minimum atomic E-state index is -0.00611. The normalized spacial score (nSPS) is 10.7. The smallest absolute Gasteiger partial charge is 0.227 e. The van der Waals surface area contributed by atoms with Gasteiger partial charge in [0.25, 0.3) is 0 Å². The van der Waals surface area contributed by atoms with Crippen molar-refractivity contribution in [1.82, 2.24) is 0 Å². The highest BCUT2D eigenvalue weighted by atomic mass is 32.1. The zero-order valence-corrected chi connectivity index (χ0v) is 10.9. The summed E-state index contributed by atoms with van der Waals surface area (Å²) in [5.41, 5.74) is 0. The van der Waals surface area contributed by atoms with Gasteiger partial charge in [-0.3, -0.25) is 5.41 Å². The molecule has 0 radical (unpaired) electrons. The van der Waals surface area contributed by atoms with Gasteiger partial charge in [0.15, 0.2) is 0 Å². The molecular weight excluding hydrogens is 250 g/mol. The first-order valence-electron chi connectivity index (χ1n) is 5.74. The fraction of sp³-hybridized carbons (Fsp3) is 0.308. The van der Waals surface area contributed by atoms with Gasteiger partial charge < -0.3 is 14.6 Å². The van der Waals surface area contributed by atoms with Crippen LogP contribution in [0.25, 0.3) is 10.1 Å². The molecule has 0 saturated carbocycles. The van der Waals surface area contributed by atoms with Crippen LogP contribution in [0.3, 0.4) is 0 Å². The fourth-order valence-electron chi connectivity index (χ4n) is 1.60. The van der Waals surface area contributed by atoms with Crippen LogP contribution >= 0.6 is 11.3 Å². The van der Waals surface area contributed by atoms with E-state index >= 15 is 0 Å². The van der Waals surface area contributed by atoms with Crippen molar-refractivity contribution in [2.45, 2.75) is 6.92 Å². The van der Waals surface area contributed by atoms with Crippen LogP contribution in [0.15, 0.2) is 24.3 Å². The van der Waals surface area contributed by atoms with Gasteiger partial charge in [-0.1, -0.05) is 12.1 Å². The molecule has 0 spiro atoms. The molecule has 0 aliphatic rings. The zero-order chi connectivity index (χ0) is 13.0. The summed E-state index contributed by atoms with van der Waals surface area (Å²) < 4.78 is 11.3. The molecule has 4 nitrogen and oxygen atoms in total. The zero-order valence-electron chi connectivity index (χ0n) is 10.1. The summed E-state index contributed by atoms with van der Waals surface area (Å²) in [6.45, 7) is 3.30. The maximum Gasteiger partial charge on any atom is 0.227 e. The number of hydrogen-bond acceptors (Lipinski definition) is 5. The molecular formula is C13H15NO3S. The second kappa shape index (κ2) is 5.84. The van der Waals surface area contributed by atoms with Crippen LogP contribution in [0, 0.1) is 5.41 Å². The van der Waals surface area contributed by atoms with E-state index < -0.39 is 0 Å². The number of fused-ring (bicyclic) bond motifs is 1. The highest BCUT2D eigenvalue weighted by molar-refractivity contribution is 7.21. The lowest BCUT2D eigenvalue weighted by Gasteiger charge is -2.05. The first kappa shape index (κ1) is 12.9. The van der Waals surface area contributed by atoms with Gasteiger partial charge in [0.2, 0.25) is 5.90 Å². The van der Waals surface area contributed by atoms with E-state index in [9.17, 15) is 5.11 Å². The third-order valence-corrected chi connectivity index (χ3v) is 3.61. The number of aromatic hydroxyl groups is 1. The van der Waals surface area contributed by atoms with Crippen LogP contribution in [-0.4, -0.2) is 30.8 Å². The van der Waals surface area contributed by atoms with Gasteiger partial charge in [0, 0.05) is 16.7 Å². The van der Waals surface area contributed by atoms with Crippen molar-refractivity contribution < 1.29 is 14.6 Å². The second-order valence-electron chi connectivity index (χ2n) is 3.65. The lowest BCUT2D eigenvalue weighted by Crippen LogP contribution is -2.09. The van der Waals surface area contributed by atoms with Crippen LogP contribution in [-0.2, 0) is 9.47 Å². The Morgan fingerprint density at radius 1 is 1.33 bits per heavy atom. The Labute approximate surface area is 109 Å². The van der Waals surface area contributed by atoms with E-state index in [1.807, 2.05) is 31.2 Å². The molecule has 0 aliphatic carbocycles. The molecule has 0 atom stereocenters. The Kier molecular flexibility index (Phi) is 4.17. The average molecular weight is 265 g/mol. The Hall–Kier alpha value is -1.59. The van der Waals surface area contributed by atoms with E-state index in [2.05, 4.69) is 0 Å². The van der Waals surface area contributed by atoms with Crippen molar-refractivity contribution >= 4 is 27.3 Å². The summed E-state index contributed by atoms with van der Waals surface area (Å²) in [6.07, 6.45) is 0. The molecule has 0 saturated heterocycles. The lowest BCUT2D eigenvalue weighted by molar-refractivity contribution is 0.106. The molecule has 1 aromatic heterocycles. The third-order valence-electron chi connectivity index (χ3n) is 2.45. The molecule has 0 unspecified atom stereocenters. The minimum absolute atomic E-state index is 0.00611. The highest BCUT2D eigenvalue weighted by Gasteiger charge is 2.15. The number of hydrogen-bond donors (Lipinski definition) is 2. The van der Waals surface area contributed by atoms with E-state index in [0.29, 0.717) is 24.7 Å². The number of benzene rings is 1. The molecule has 2 aromatic rings. The Bertz CT molecular complexity index is 550. The van der Waals surface area contributed by atoms with Gasteiger partial charge in [-0.05, 0) is 19.1 Å². The van der Waals surface area contributed by atoms with Gasteiger partial charge in [0.1, 0.15) is 17.2 Å². The fourth-order valence-corrected chi connectivity index (χ4v) is 2.60. The maximum absolute atomic E-state index is 10.0. The topological polar surface area (TPSA) is 62.5 Å². The molecule has 0 amide bonds. The SMILES string of the molecule is CCOCCOC(=N)c1sc2ccccc2c1O. The minimum Gasteiger partial charge on any atom is -0.506 e. The van der Waals surface area contributed by atoms with Crippen LogP contribution in [0.2, 0.25) is 0 Å². The molecule has 1 aromatic carbocycles. The van der Waals surface area contributed by atoms with Crippen LogP contribution in [0.4, 0.5) is 0 Å². The highest BCUT2D eigenvalue weighted by Crippen LogP contribution is 2.36. The van der Waals surface area contributed by atoms with E-state index in [1.54, 1.807) is 0 Å². The molecule has 5 heteroatoms. The van der Waals surface area contributed by atoms with Crippen molar-refractivity contribution in [1.29, 1.82) is 5.41 Å². The number of ether oxygens (including phenoxy) is 2. The van der Waals surface area contributed by atoms with Gasteiger partial charge in [0.05, 0.1) is 6.61 Å². The van der Waals surface area contributed by atoms with E-state index in [0.717, 1.165) is 10.1 Å². The Morgan fingerprint density at radius 2 is 2.11 bits per heavy atom. The summed E-state index contributed by atoms with van der Waals surface area (Å²) in [5, 5.41) is 18.6. The van der Waals surface area contributed by atoms with Gasteiger partial charge >= 0.3 is 0 Å². The predicted molar refractivity (Wildman–Crippen MR) is 72.8 cm³/mol. The summed E-state index contributed by atoms with van der Waals surface area (Å²) in [4.78, 5) is 0.465. The lowest BCUT2D eigenvalue weighted by atomic mass is 10.2. The second-order valence-corrected chi connectivity index (χ2v) is 4.70. The molecule has 18 heavy (non-hydrogen) atoms. The number of rotatable bonds is 5. The van der Waals surface area contributed by atoms with Crippen molar-refractivity contribution in [2.24, 2.45) is 0 Å². The molecule has 96 valence electrons. The maximum atomic E-state index is 10.0. The Balaban J connectivity index is 2.10. The van der Waals surface area contributed by atoms with Gasteiger partial charge in [-0.2, -0.15) is 0 Å². The Morgan fingerprint density at radius 3 is 2.83 bits per heavy atom. The van der Waals surface area contributed by atoms with Crippen molar-refractivity contribution in [2.75, 3.05) is 19.8 Å². The monoisotopic (exact) mass is 265 g/mol. The number of nitrogens with one attached hydrogen (secondary N) is 1. The number of thiophene rings is 1. The molecule has 1 heterocycles. The summed E-state index contributed by atoms with van der Waals surface area (Å²) in [7, 11) is 0. The van der Waals surface area contributed by atoms with Gasteiger partial charge in [-0.15, -0.1) is 11.3 Å². The molecule has 0 aliphatic heterocycles. The van der Waals surface area contributed by atoms with E-state index in [4.69, 9.17) is 14.9 Å². The first-order chi connectivity index (χ1) is 8.74. The molecule has 2 rings (SSSR count). The van der Waals surface area contributed by atoms with Crippen LogP contribution < -0.4 is 0 Å². The predicted octanol–water partition coefficient (Wildman–Crippen LogP) is 2.99. The first-order valence-corrected chi connectivity index (χ1v) is 6.55. The summed E-state index contributed by atoms with van der Waals surface area (Å²) >= 11 is 1.36. The molecule has 0 fully saturated rings. The van der Waals surface area contributed by atoms with Crippen LogP contribution in [0.5, 0.6) is 5.75 Å².